The highest BCUT2D eigenvalue weighted by molar-refractivity contribution is 6.13. The van der Waals surface area contributed by atoms with Crippen LogP contribution in [0.3, 0.4) is 0 Å². The van der Waals surface area contributed by atoms with Crippen molar-refractivity contribution in [3.8, 4) is 11.3 Å². The highest BCUT2D eigenvalue weighted by Gasteiger charge is 2.18. The Bertz CT molecular complexity index is 1330. The van der Waals surface area contributed by atoms with Crippen molar-refractivity contribution in [2.75, 3.05) is 5.32 Å². The van der Waals surface area contributed by atoms with E-state index in [-0.39, 0.29) is 11.6 Å². The maximum absolute atomic E-state index is 13.2. The number of non-ortho nitro benzene ring substituents is 1. The van der Waals surface area contributed by atoms with Crippen molar-refractivity contribution in [3.05, 3.63) is 81.7 Å². The number of anilines is 1. The lowest BCUT2D eigenvalue weighted by atomic mass is 10.0. The van der Waals surface area contributed by atoms with Crippen molar-refractivity contribution in [1.29, 1.82) is 0 Å². The zero-order chi connectivity index (χ0) is 22.1. The van der Waals surface area contributed by atoms with Crippen LogP contribution in [0.4, 0.5) is 11.4 Å². The molecule has 0 fully saturated rings. The molecule has 0 radical (unpaired) electrons. The number of nitrogens with one attached hydrogen (secondary N) is 1. The molecule has 2 aromatic heterocycles. The van der Waals surface area contributed by atoms with Crippen molar-refractivity contribution in [2.45, 2.75) is 27.3 Å². The smallest absolute Gasteiger partial charge is 0.269 e. The Hall–Kier alpha value is -4.07. The molecule has 31 heavy (non-hydrogen) atoms. The standard InChI is InChI=1S/C23H21N5O3/c1-4-27-15(3)19(13-24-27)22-12-18(17-7-5-6-8-21(17)25-22)23(29)26-20-10-9-16(28(30)31)11-14(20)2/h5-13H,4H2,1-3H3,(H,26,29). The fourth-order valence-corrected chi connectivity index (χ4v) is 3.61. The first-order valence-corrected chi connectivity index (χ1v) is 9.88. The van der Waals surface area contributed by atoms with E-state index in [1.807, 2.05) is 42.8 Å². The molecule has 4 rings (SSSR count). The number of nitro groups is 1. The number of hydrogen-bond acceptors (Lipinski definition) is 5. The van der Waals surface area contributed by atoms with Crippen LogP contribution in [0.15, 0.2) is 54.7 Å². The van der Waals surface area contributed by atoms with E-state index >= 15 is 0 Å². The monoisotopic (exact) mass is 415 g/mol. The number of carbonyl (C=O) groups is 1. The quantitative estimate of drug-likeness (QED) is 0.369. The summed E-state index contributed by atoms with van der Waals surface area (Å²) in [5.74, 6) is -0.308. The largest absolute Gasteiger partial charge is 0.322 e. The summed E-state index contributed by atoms with van der Waals surface area (Å²) in [6, 6.07) is 13.6. The van der Waals surface area contributed by atoms with Gasteiger partial charge >= 0.3 is 0 Å². The van der Waals surface area contributed by atoms with E-state index in [0.717, 1.165) is 23.2 Å². The van der Waals surface area contributed by atoms with Crippen LogP contribution in [-0.2, 0) is 6.54 Å². The van der Waals surface area contributed by atoms with Gasteiger partial charge in [0.25, 0.3) is 11.6 Å². The lowest BCUT2D eigenvalue weighted by Crippen LogP contribution is -2.14. The molecule has 0 saturated heterocycles. The van der Waals surface area contributed by atoms with Gasteiger partial charge in [-0.15, -0.1) is 0 Å². The highest BCUT2D eigenvalue weighted by Crippen LogP contribution is 2.28. The number of hydrogen-bond donors (Lipinski definition) is 1. The molecule has 0 bridgehead atoms. The molecule has 0 atom stereocenters. The van der Waals surface area contributed by atoms with E-state index in [1.165, 1.54) is 12.1 Å². The number of pyridine rings is 1. The van der Waals surface area contributed by atoms with Crippen molar-refractivity contribution in [2.24, 2.45) is 0 Å². The summed E-state index contributed by atoms with van der Waals surface area (Å²) in [5.41, 5.74) is 4.80. The SMILES string of the molecule is CCn1ncc(-c2cc(C(=O)Nc3ccc([N+](=O)[O-])cc3C)c3ccccc3n2)c1C. The third-order valence-corrected chi connectivity index (χ3v) is 5.31. The molecule has 2 aromatic carbocycles. The van der Waals surface area contributed by atoms with E-state index in [2.05, 4.69) is 10.4 Å². The minimum Gasteiger partial charge on any atom is -0.322 e. The summed E-state index contributed by atoms with van der Waals surface area (Å²) in [4.78, 5) is 28.5. The molecular formula is C23H21N5O3. The predicted octanol–water partition coefficient (Wildman–Crippen LogP) is 4.90. The summed E-state index contributed by atoms with van der Waals surface area (Å²) in [6.07, 6.45) is 1.76. The van der Waals surface area contributed by atoms with Crippen molar-refractivity contribution < 1.29 is 9.72 Å². The summed E-state index contributed by atoms with van der Waals surface area (Å²) in [6.45, 7) is 6.46. The number of nitrogens with zero attached hydrogens (tertiary/aromatic N) is 4. The number of para-hydroxylation sites is 1. The van der Waals surface area contributed by atoms with Crippen LogP contribution < -0.4 is 5.32 Å². The second-order valence-electron chi connectivity index (χ2n) is 7.24. The highest BCUT2D eigenvalue weighted by atomic mass is 16.6. The van der Waals surface area contributed by atoms with Crippen LogP contribution >= 0.6 is 0 Å². The van der Waals surface area contributed by atoms with Crippen LogP contribution in [0.1, 0.15) is 28.5 Å². The second-order valence-corrected chi connectivity index (χ2v) is 7.24. The molecule has 2 heterocycles. The summed E-state index contributed by atoms with van der Waals surface area (Å²) < 4.78 is 1.88. The van der Waals surface area contributed by atoms with Gasteiger partial charge < -0.3 is 5.32 Å². The number of aromatic nitrogens is 3. The Balaban J connectivity index is 1.78. The first-order chi connectivity index (χ1) is 14.9. The number of aryl methyl sites for hydroxylation is 2. The van der Waals surface area contributed by atoms with Crippen LogP contribution in [0.5, 0.6) is 0 Å². The normalized spacial score (nSPS) is 10.9. The number of amides is 1. The van der Waals surface area contributed by atoms with Gasteiger partial charge in [-0.05, 0) is 44.5 Å². The van der Waals surface area contributed by atoms with E-state index in [9.17, 15) is 14.9 Å². The Kier molecular flexibility index (Phi) is 5.21. The number of benzene rings is 2. The van der Waals surface area contributed by atoms with Gasteiger partial charge in [-0.1, -0.05) is 18.2 Å². The molecule has 0 spiro atoms. The van der Waals surface area contributed by atoms with Gasteiger partial charge in [0.1, 0.15) is 0 Å². The maximum atomic E-state index is 13.2. The van der Waals surface area contributed by atoms with Crippen LogP contribution in [-0.4, -0.2) is 25.6 Å². The van der Waals surface area contributed by atoms with Gasteiger partial charge in [0.2, 0.25) is 0 Å². The van der Waals surface area contributed by atoms with Gasteiger partial charge in [-0.25, -0.2) is 4.98 Å². The third kappa shape index (κ3) is 3.75. The van der Waals surface area contributed by atoms with Gasteiger partial charge in [-0.2, -0.15) is 5.10 Å². The molecule has 0 aliphatic carbocycles. The second kappa shape index (κ2) is 7.98. The Morgan fingerprint density at radius 2 is 1.94 bits per heavy atom. The fourth-order valence-electron chi connectivity index (χ4n) is 3.61. The van der Waals surface area contributed by atoms with Crippen LogP contribution in [0.2, 0.25) is 0 Å². The van der Waals surface area contributed by atoms with Gasteiger partial charge in [0.05, 0.1) is 27.9 Å². The van der Waals surface area contributed by atoms with Gasteiger partial charge in [0, 0.05) is 41.0 Å². The molecule has 1 amide bonds. The molecule has 0 unspecified atom stereocenters. The van der Waals surface area contributed by atoms with Crippen LogP contribution in [0.25, 0.3) is 22.2 Å². The number of fused-ring (bicyclic) bond motifs is 1. The number of rotatable bonds is 5. The van der Waals surface area contributed by atoms with E-state index in [1.54, 1.807) is 25.3 Å². The number of carbonyl (C=O) groups excluding carboxylic acids is 1. The van der Waals surface area contributed by atoms with Crippen molar-refractivity contribution >= 4 is 28.2 Å². The summed E-state index contributed by atoms with van der Waals surface area (Å²) in [7, 11) is 0. The van der Waals surface area contributed by atoms with Crippen molar-refractivity contribution in [1.82, 2.24) is 14.8 Å². The summed E-state index contributed by atoms with van der Waals surface area (Å²) >= 11 is 0. The van der Waals surface area contributed by atoms with E-state index < -0.39 is 4.92 Å². The molecule has 0 saturated carbocycles. The molecule has 0 aliphatic rings. The summed E-state index contributed by atoms with van der Waals surface area (Å²) in [5, 5.41) is 19.0. The molecule has 8 heteroatoms. The first kappa shape index (κ1) is 20.2. The topological polar surface area (TPSA) is 103 Å². The maximum Gasteiger partial charge on any atom is 0.269 e. The fraction of sp³-hybridized carbons (Fsp3) is 0.174. The molecule has 1 N–H and O–H groups in total. The lowest BCUT2D eigenvalue weighted by Gasteiger charge is -2.12. The Morgan fingerprint density at radius 1 is 1.16 bits per heavy atom. The minimum atomic E-state index is -0.458. The molecule has 4 aromatic rings. The minimum absolute atomic E-state index is 0.0180. The molecular weight excluding hydrogens is 394 g/mol. The molecule has 156 valence electrons. The Labute approximate surface area is 178 Å². The number of nitro benzene ring substituents is 1. The van der Waals surface area contributed by atoms with Gasteiger partial charge in [0.15, 0.2) is 0 Å². The average Bonchev–Trinajstić information content (AvgIpc) is 3.14. The third-order valence-electron chi connectivity index (χ3n) is 5.31. The average molecular weight is 415 g/mol. The van der Waals surface area contributed by atoms with Crippen molar-refractivity contribution in [3.63, 3.8) is 0 Å². The molecule has 0 aliphatic heterocycles. The Morgan fingerprint density at radius 3 is 2.61 bits per heavy atom. The molecule has 8 nitrogen and oxygen atoms in total. The van der Waals surface area contributed by atoms with Gasteiger partial charge in [-0.3, -0.25) is 19.6 Å². The lowest BCUT2D eigenvalue weighted by molar-refractivity contribution is -0.384. The van der Waals surface area contributed by atoms with E-state index in [0.29, 0.717) is 28.0 Å². The zero-order valence-corrected chi connectivity index (χ0v) is 17.4. The first-order valence-electron chi connectivity index (χ1n) is 9.88. The van der Waals surface area contributed by atoms with E-state index in [4.69, 9.17) is 4.98 Å². The predicted molar refractivity (Wildman–Crippen MR) is 119 cm³/mol. The zero-order valence-electron chi connectivity index (χ0n) is 17.4. The van der Waals surface area contributed by atoms with Crippen LogP contribution in [0, 0.1) is 24.0 Å².